The number of aromatic nitrogens is 2. The summed E-state index contributed by atoms with van der Waals surface area (Å²) in [6.07, 6.45) is 4.06. The Morgan fingerprint density at radius 3 is 2.89 bits per heavy atom. The van der Waals surface area contributed by atoms with E-state index < -0.39 is 0 Å². The minimum absolute atomic E-state index is 0.454. The molecule has 0 spiro atoms. The van der Waals surface area contributed by atoms with Crippen molar-refractivity contribution >= 4 is 0 Å². The molecule has 100 valence electrons. The van der Waals surface area contributed by atoms with Crippen molar-refractivity contribution in [2.45, 2.75) is 12.6 Å². The Kier molecular flexibility index (Phi) is 3.62. The van der Waals surface area contributed by atoms with Crippen LogP contribution in [0.1, 0.15) is 17.2 Å². The minimum atomic E-state index is 0.454. The van der Waals surface area contributed by atoms with E-state index in [4.69, 9.17) is 0 Å². The Morgan fingerprint density at radius 1 is 1.32 bits per heavy atom. The summed E-state index contributed by atoms with van der Waals surface area (Å²) in [5, 5.41) is 7.75. The number of hydrogen-bond donors (Lipinski definition) is 1. The normalized spacial score (nSPS) is 20.6. The number of aryl methyl sites for hydroxylation is 1. The van der Waals surface area contributed by atoms with Crippen molar-refractivity contribution in [1.82, 2.24) is 20.0 Å². The molecule has 4 heteroatoms. The molecule has 19 heavy (non-hydrogen) atoms. The summed E-state index contributed by atoms with van der Waals surface area (Å²) in [6.45, 7) is 4.12. The topological polar surface area (TPSA) is 33.1 Å². The van der Waals surface area contributed by atoms with Crippen LogP contribution in [-0.2, 0) is 13.6 Å². The van der Waals surface area contributed by atoms with E-state index in [0.717, 1.165) is 26.2 Å². The molecule has 1 aliphatic heterocycles. The van der Waals surface area contributed by atoms with Crippen molar-refractivity contribution in [3.8, 4) is 0 Å². The first-order chi connectivity index (χ1) is 9.33. The molecule has 0 radical (unpaired) electrons. The maximum absolute atomic E-state index is 4.25. The van der Waals surface area contributed by atoms with E-state index in [9.17, 15) is 0 Å². The maximum atomic E-state index is 4.25. The van der Waals surface area contributed by atoms with Gasteiger partial charge in [-0.1, -0.05) is 30.3 Å². The molecule has 4 nitrogen and oxygen atoms in total. The van der Waals surface area contributed by atoms with Crippen LogP contribution in [0.2, 0.25) is 0 Å². The van der Waals surface area contributed by atoms with Crippen LogP contribution < -0.4 is 5.32 Å². The van der Waals surface area contributed by atoms with Gasteiger partial charge in [0.15, 0.2) is 0 Å². The van der Waals surface area contributed by atoms with Crippen molar-refractivity contribution in [2.24, 2.45) is 7.05 Å². The van der Waals surface area contributed by atoms with Crippen LogP contribution in [0.25, 0.3) is 0 Å². The van der Waals surface area contributed by atoms with Crippen LogP contribution in [0.4, 0.5) is 0 Å². The first-order valence-electron chi connectivity index (χ1n) is 6.80. The lowest BCUT2D eigenvalue weighted by molar-refractivity contribution is 0.153. The highest BCUT2D eigenvalue weighted by Gasteiger charge is 2.23. The van der Waals surface area contributed by atoms with Crippen molar-refractivity contribution in [1.29, 1.82) is 0 Å². The zero-order valence-corrected chi connectivity index (χ0v) is 11.3. The van der Waals surface area contributed by atoms with Crippen LogP contribution in [0, 0.1) is 0 Å². The summed E-state index contributed by atoms with van der Waals surface area (Å²) >= 11 is 0. The molecule has 0 bridgehead atoms. The summed E-state index contributed by atoms with van der Waals surface area (Å²) in [6, 6.07) is 11.2. The summed E-state index contributed by atoms with van der Waals surface area (Å²) in [7, 11) is 1.97. The number of hydrogen-bond acceptors (Lipinski definition) is 3. The quantitative estimate of drug-likeness (QED) is 0.905. The Balaban J connectivity index is 1.77. The van der Waals surface area contributed by atoms with Crippen molar-refractivity contribution in [3.05, 3.63) is 53.9 Å². The van der Waals surface area contributed by atoms with Gasteiger partial charge in [0, 0.05) is 51.0 Å². The molecule has 1 aliphatic rings. The van der Waals surface area contributed by atoms with E-state index >= 15 is 0 Å². The third kappa shape index (κ3) is 2.85. The van der Waals surface area contributed by atoms with E-state index in [1.165, 1.54) is 11.1 Å². The average Bonchev–Trinajstić information content (AvgIpc) is 2.86. The van der Waals surface area contributed by atoms with E-state index in [2.05, 4.69) is 51.8 Å². The number of piperazine rings is 1. The Hall–Kier alpha value is -1.65. The zero-order chi connectivity index (χ0) is 13.1. The number of rotatable bonds is 3. The molecule has 2 aromatic rings. The molecular weight excluding hydrogens is 236 g/mol. The highest BCUT2D eigenvalue weighted by molar-refractivity contribution is 5.20. The summed E-state index contributed by atoms with van der Waals surface area (Å²) < 4.78 is 1.87. The van der Waals surface area contributed by atoms with Gasteiger partial charge in [-0.15, -0.1) is 0 Å². The second-order valence-electron chi connectivity index (χ2n) is 5.12. The zero-order valence-electron chi connectivity index (χ0n) is 11.3. The van der Waals surface area contributed by atoms with Crippen LogP contribution >= 0.6 is 0 Å². The predicted octanol–water partition coefficient (Wildman–Crippen LogP) is 1.57. The minimum Gasteiger partial charge on any atom is -0.314 e. The molecule has 3 rings (SSSR count). The van der Waals surface area contributed by atoms with Gasteiger partial charge in [-0.05, 0) is 5.56 Å². The van der Waals surface area contributed by atoms with Crippen LogP contribution in [-0.4, -0.2) is 34.3 Å². The summed E-state index contributed by atoms with van der Waals surface area (Å²) in [5.41, 5.74) is 2.67. The lowest BCUT2D eigenvalue weighted by Crippen LogP contribution is -2.45. The van der Waals surface area contributed by atoms with Gasteiger partial charge >= 0.3 is 0 Å². The SMILES string of the molecule is Cn1cc(CN2CCNCC2c2ccccc2)cn1. The fourth-order valence-electron chi connectivity index (χ4n) is 2.73. The fourth-order valence-corrected chi connectivity index (χ4v) is 2.73. The summed E-state index contributed by atoms with van der Waals surface area (Å²) in [4.78, 5) is 2.53. The fraction of sp³-hybridized carbons (Fsp3) is 0.400. The Bertz CT molecular complexity index is 520. The molecule has 1 atom stereocenters. The van der Waals surface area contributed by atoms with E-state index in [0.29, 0.717) is 6.04 Å². The molecular formula is C15H20N4. The second-order valence-corrected chi connectivity index (χ2v) is 5.12. The van der Waals surface area contributed by atoms with Gasteiger partial charge in [-0.25, -0.2) is 0 Å². The van der Waals surface area contributed by atoms with Crippen LogP contribution in [0.5, 0.6) is 0 Å². The van der Waals surface area contributed by atoms with Crippen molar-refractivity contribution in [3.63, 3.8) is 0 Å². The van der Waals surface area contributed by atoms with Gasteiger partial charge in [-0.2, -0.15) is 5.10 Å². The predicted molar refractivity (Wildman–Crippen MR) is 75.7 cm³/mol. The molecule has 0 aliphatic carbocycles. The molecule has 1 aromatic carbocycles. The lowest BCUT2D eigenvalue weighted by atomic mass is 10.0. The van der Waals surface area contributed by atoms with Gasteiger partial charge in [-0.3, -0.25) is 9.58 Å². The Morgan fingerprint density at radius 2 is 2.16 bits per heavy atom. The molecule has 0 amide bonds. The smallest absolute Gasteiger partial charge is 0.0534 e. The van der Waals surface area contributed by atoms with Crippen LogP contribution in [0.3, 0.4) is 0 Å². The highest BCUT2D eigenvalue weighted by atomic mass is 15.3. The summed E-state index contributed by atoms with van der Waals surface area (Å²) in [5.74, 6) is 0. The van der Waals surface area contributed by atoms with Gasteiger partial charge in [0.25, 0.3) is 0 Å². The van der Waals surface area contributed by atoms with Crippen LogP contribution in [0.15, 0.2) is 42.7 Å². The lowest BCUT2D eigenvalue weighted by Gasteiger charge is -2.36. The average molecular weight is 256 g/mol. The third-order valence-corrected chi connectivity index (χ3v) is 3.68. The number of nitrogens with zero attached hydrogens (tertiary/aromatic N) is 3. The van der Waals surface area contributed by atoms with Gasteiger partial charge in [0.2, 0.25) is 0 Å². The monoisotopic (exact) mass is 256 g/mol. The van der Waals surface area contributed by atoms with E-state index in [1.807, 2.05) is 17.9 Å². The molecule has 1 saturated heterocycles. The number of benzene rings is 1. The van der Waals surface area contributed by atoms with Gasteiger partial charge in [0.1, 0.15) is 0 Å². The molecule has 1 aromatic heterocycles. The molecule has 1 fully saturated rings. The van der Waals surface area contributed by atoms with Gasteiger partial charge < -0.3 is 5.32 Å². The second kappa shape index (κ2) is 5.55. The molecule has 1 N–H and O–H groups in total. The van der Waals surface area contributed by atoms with E-state index in [-0.39, 0.29) is 0 Å². The van der Waals surface area contributed by atoms with Gasteiger partial charge in [0.05, 0.1) is 6.20 Å². The largest absolute Gasteiger partial charge is 0.314 e. The van der Waals surface area contributed by atoms with E-state index in [1.54, 1.807) is 0 Å². The van der Waals surface area contributed by atoms with Crippen molar-refractivity contribution < 1.29 is 0 Å². The van der Waals surface area contributed by atoms with Crippen molar-refractivity contribution in [2.75, 3.05) is 19.6 Å². The molecule has 1 unspecified atom stereocenters. The first-order valence-corrected chi connectivity index (χ1v) is 6.80. The number of nitrogens with one attached hydrogen (secondary N) is 1. The standard InChI is InChI=1S/C15H20N4/c1-18-11-13(9-17-18)12-19-8-7-16-10-15(19)14-5-3-2-4-6-14/h2-6,9,11,15-16H,7-8,10,12H2,1H3. The maximum Gasteiger partial charge on any atom is 0.0534 e. The highest BCUT2D eigenvalue weighted by Crippen LogP contribution is 2.23. The third-order valence-electron chi connectivity index (χ3n) is 3.68. The Labute approximate surface area is 114 Å². The first kappa shape index (κ1) is 12.4. The molecule has 2 heterocycles. The molecule has 0 saturated carbocycles.